The van der Waals surface area contributed by atoms with Crippen molar-refractivity contribution in [3.8, 4) is 11.5 Å². The summed E-state index contributed by atoms with van der Waals surface area (Å²) in [5.41, 5.74) is 12.0. The zero-order chi connectivity index (χ0) is 41.3. The molecule has 2 saturated heterocycles. The van der Waals surface area contributed by atoms with Gasteiger partial charge in [0.1, 0.15) is 40.4 Å². The van der Waals surface area contributed by atoms with E-state index in [0.29, 0.717) is 37.8 Å². The molecule has 7 N–H and O–H groups in total. The van der Waals surface area contributed by atoms with Gasteiger partial charge in [0.2, 0.25) is 23.5 Å². The lowest BCUT2D eigenvalue weighted by Crippen LogP contribution is -2.44. The zero-order valence-corrected chi connectivity index (χ0v) is 32.5. The number of ether oxygens (including phenoxy) is 3. The molecular formula is C39H48F2N10O6. The largest absolute Gasteiger partial charge is 0.496 e. The van der Waals surface area contributed by atoms with Crippen LogP contribution in [0.4, 0.5) is 37.1 Å². The first-order valence-corrected chi connectivity index (χ1v) is 18.4. The fraction of sp³-hybridized carbons (Fsp3) is 0.410. The highest BCUT2D eigenvalue weighted by Gasteiger charge is 2.28. The number of carbonyl (C=O) groups is 3. The van der Waals surface area contributed by atoms with Crippen LogP contribution in [0.25, 0.3) is 0 Å². The molecule has 0 bridgehead atoms. The number of rotatable bonds is 10. The van der Waals surface area contributed by atoms with Crippen LogP contribution in [0.5, 0.6) is 11.5 Å². The minimum atomic E-state index is -0.533. The summed E-state index contributed by atoms with van der Waals surface area (Å²) in [6, 6.07) is 7.66. The number of piperidine rings is 2. The van der Waals surface area contributed by atoms with E-state index in [1.165, 1.54) is 50.9 Å². The number of anilines is 4. The van der Waals surface area contributed by atoms with Gasteiger partial charge < -0.3 is 46.5 Å². The normalized spacial score (nSPS) is 14.8. The van der Waals surface area contributed by atoms with Crippen molar-refractivity contribution in [2.45, 2.75) is 64.1 Å². The number of nitrogens with two attached hydrogens (primary N) is 2. The summed E-state index contributed by atoms with van der Waals surface area (Å²) in [5.74, 6) is -0.867. The summed E-state index contributed by atoms with van der Waals surface area (Å²) >= 11 is 0. The van der Waals surface area contributed by atoms with Crippen molar-refractivity contribution >= 4 is 41.2 Å². The second kappa shape index (κ2) is 18.6. The third-order valence-electron chi connectivity index (χ3n) is 9.09. The summed E-state index contributed by atoms with van der Waals surface area (Å²) in [5, 5.41) is 9.71. The van der Waals surface area contributed by atoms with E-state index in [0.717, 1.165) is 38.1 Å². The molecule has 2 aliphatic heterocycles. The molecule has 2 fully saturated rings. The Morgan fingerprint density at radius 3 is 1.58 bits per heavy atom. The average Bonchev–Trinajstić information content (AvgIpc) is 3.17. The van der Waals surface area contributed by atoms with Crippen LogP contribution in [0.15, 0.2) is 48.8 Å². The molecule has 0 atom stereocenters. The summed E-state index contributed by atoms with van der Waals surface area (Å²) in [6.45, 7) is 8.47. The number of nitrogen functional groups attached to an aromatic ring is 2. The molecule has 0 saturated carbocycles. The first kappa shape index (κ1) is 42.0. The van der Waals surface area contributed by atoms with E-state index in [1.807, 2.05) is 20.8 Å². The Balaban J connectivity index is 0.000000224. The van der Waals surface area contributed by atoms with Gasteiger partial charge in [-0.2, -0.15) is 9.97 Å². The second-order valence-corrected chi connectivity index (χ2v) is 14.4. The molecule has 6 rings (SSSR count). The molecule has 1 amide bonds. The smallest absolute Gasteiger partial charge is 0.410 e. The van der Waals surface area contributed by atoms with Crippen LogP contribution in [-0.4, -0.2) is 101 Å². The first-order chi connectivity index (χ1) is 27.1. The van der Waals surface area contributed by atoms with Gasteiger partial charge in [-0.3, -0.25) is 9.59 Å². The summed E-state index contributed by atoms with van der Waals surface area (Å²) in [6.07, 6.45) is 5.72. The van der Waals surface area contributed by atoms with Crippen LogP contribution in [-0.2, 0) is 4.74 Å². The zero-order valence-electron chi connectivity index (χ0n) is 32.5. The molecule has 2 aromatic carbocycles. The van der Waals surface area contributed by atoms with Crippen molar-refractivity contribution in [3.05, 3.63) is 82.7 Å². The van der Waals surface area contributed by atoms with Crippen molar-refractivity contribution in [3.63, 3.8) is 0 Å². The predicted molar refractivity (Wildman–Crippen MR) is 210 cm³/mol. The number of methoxy groups -OCH3 is 2. The molecule has 4 aromatic rings. The predicted octanol–water partition coefficient (Wildman–Crippen LogP) is 4.85. The van der Waals surface area contributed by atoms with Gasteiger partial charge in [0, 0.05) is 49.7 Å². The number of amides is 1. The standard InChI is InChI=1S/C22H28FN5O4.C17H20FN5O2/c1-22(2,3)32-21(30)28-9-7-14(8-10-28)26-20-25-12-16(19(24)27-20)18(29)15-6-5-13(23)11-17(15)31-4;1-25-14-8-10(18)2-3-12(14)15(24)13-9-21-17(23-16(13)19)22-11-4-6-20-7-5-11/h5-6,11-12,14H,7-10H2,1-4H3,(H3,24,25,26,27);2-3,8-9,11,20H,4-7H2,1H3,(H3,19,21,22,23). The Kier molecular flexibility index (Phi) is 13.7. The number of hydrogen-bond acceptors (Lipinski definition) is 15. The van der Waals surface area contributed by atoms with Crippen LogP contribution in [0.2, 0.25) is 0 Å². The summed E-state index contributed by atoms with van der Waals surface area (Å²) < 4.78 is 42.3. The summed E-state index contributed by atoms with van der Waals surface area (Å²) in [4.78, 5) is 56.2. The van der Waals surface area contributed by atoms with Crippen LogP contribution in [0.3, 0.4) is 0 Å². The van der Waals surface area contributed by atoms with E-state index >= 15 is 0 Å². The monoisotopic (exact) mass is 790 g/mol. The number of aromatic nitrogens is 4. The number of nitrogens with one attached hydrogen (secondary N) is 3. The van der Waals surface area contributed by atoms with Gasteiger partial charge in [-0.25, -0.2) is 23.5 Å². The number of benzene rings is 2. The van der Waals surface area contributed by atoms with Gasteiger partial charge >= 0.3 is 6.09 Å². The Bertz CT molecular complexity index is 2070. The van der Waals surface area contributed by atoms with E-state index in [2.05, 4.69) is 35.9 Å². The van der Waals surface area contributed by atoms with Crippen molar-refractivity contribution in [2.24, 2.45) is 0 Å². The molecule has 0 unspecified atom stereocenters. The van der Waals surface area contributed by atoms with Gasteiger partial charge in [-0.05, 0) is 83.8 Å². The van der Waals surface area contributed by atoms with E-state index in [9.17, 15) is 23.2 Å². The van der Waals surface area contributed by atoms with E-state index < -0.39 is 28.8 Å². The van der Waals surface area contributed by atoms with Gasteiger partial charge in [0.25, 0.3) is 0 Å². The third-order valence-corrected chi connectivity index (χ3v) is 9.09. The lowest BCUT2D eigenvalue weighted by Gasteiger charge is -2.33. The molecular weight excluding hydrogens is 742 g/mol. The highest BCUT2D eigenvalue weighted by molar-refractivity contribution is 6.13. The number of likely N-dealkylation sites (tertiary alicyclic amines) is 1. The van der Waals surface area contributed by atoms with Gasteiger partial charge in [-0.15, -0.1) is 0 Å². The Morgan fingerprint density at radius 2 is 1.18 bits per heavy atom. The van der Waals surface area contributed by atoms with Crippen LogP contribution in [0, 0.1) is 11.6 Å². The quantitative estimate of drug-likeness (QED) is 0.136. The number of carbonyl (C=O) groups excluding carboxylic acids is 3. The lowest BCUT2D eigenvalue weighted by molar-refractivity contribution is 0.0210. The maximum absolute atomic E-state index is 13.4. The van der Waals surface area contributed by atoms with Crippen molar-refractivity contribution in [1.29, 1.82) is 0 Å². The Hall–Kier alpha value is -6.17. The average molecular weight is 791 g/mol. The van der Waals surface area contributed by atoms with Crippen LogP contribution in [0.1, 0.15) is 78.3 Å². The molecule has 0 aliphatic carbocycles. The number of hydrogen-bond donors (Lipinski definition) is 5. The van der Waals surface area contributed by atoms with Crippen LogP contribution >= 0.6 is 0 Å². The topological polar surface area (TPSA) is 222 Å². The van der Waals surface area contributed by atoms with Crippen molar-refractivity contribution in [2.75, 3.05) is 62.5 Å². The highest BCUT2D eigenvalue weighted by atomic mass is 19.1. The molecule has 2 aromatic heterocycles. The van der Waals surface area contributed by atoms with E-state index in [4.69, 9.17) is 25.7 Å². The van der Waals surface area contributed by atoms with Crippen LogP contribution < -0.4 is 36.9 Å². The van der Waals surface area contributed by atoms with Crippen molar-refractivity contribution < 1.29 is 37.4 Å². The molecule has 16 nitrogen and oxygen atoms in total. The first-order valence-electron chi connectivity index (χ1n) is 18.4. The van der Waals surface area contributed by atoms with E-state index in [1.54, 1.807) is 4.90 Å². The van der Waals surface area contributed by atoms with Gasteiger partial charge in [-0.1, -0.05) is 0 Å². The maximum Gasteiger partial charge on any atom is 0.410 e. The number of nitrogens with zero attached hydrogens (tertiary/aromatic N) is 5. The maximum atomic E-state index is 13.4. The summed E-state index contributed by atoms with van der Waals surface area (Å²) in [7, 11) is 2.73. The minimum absolute atomic E-state index is 0.00469. The Labute approximate surface area is 329 Å². The SMILES string of the molecule is COc1cc(F)ccc1C(=O)c1cnc(NC2CCN(C(=O)OC(C)(C)C)CC2)nc1N.COc1cc(F)ccc1C(=O)c1cnc(NC2CCNCC2)nc1N. The third kappa shape index (κ3) is 11.2. The van der Waals surface area contributed by atoms with Gasteiger partial charge in [0.05, 0.1) is 36.5 Å². The number of halogens is 2. The molecule has 0 radical (unpaired) electrons. The Morgan fingerprint density at radius 1 is 0.737 bits per heavy atom. The molecule has 2 aliphatic rings. The molecule has 304 valence electrons. The highest BCUT2D eigenvalue weighted by Crippen LogP contribution is 2.27. The second-order valence-electron chi connectivity index (χ2n) is 14.4. The molecule has 18 heteroatoms. The minimum Gasteiger partial charge on any atom is -0.496 e. The lowest BCUT2D eigenvalue weighted by atomic mass is 10.0. The van der Waals surface area contributed by atoms with E-state index in [-0.39, 0.29) is 63.6 Å². The fourth-order valence-electron chi connectivity index (χ4n) is 6.14. The van der Waals surface area contributed by atoms with Crippen molar-refractivity contribution in [1.82, 2.24) is 30.2 Å². The fourth-order valence-corrected chi connectivity index (χ4v) is 6.14. The molecule has 4 heterocycles. The molecule has 57 heavy (non-hydrogen) atoms. The number of ketones is 2. The molecule has 0 spiro atoms. The van der Waals surface area contributed by atoms with Gasteiger partial charge in [0.15, 0.2) is 0 Å².